The minimum Gasteiger partial charge on any atom is -0.444 e. The molecule has 8 heteroatoms. The van der Waals surface area contributed by atoms with Gasteiger partial charge in [-0.2, -0.15) is 5.10 Å². The summed E-state index contributed by atoms with van der Waals surface area (Å²) < 4.78 is 12.5. The summed E-state index contributed by atoms with van der Waals surface area (Å²) in [6.45, 7) is 8.53. The topological polar surface area (TPSA) is 85.7 Å². The van der Waals surface area contributed by atoms with Gasteiger partial charge in [-0.05, 0) is 33.3 Å². The van der Waals surface area contributed by atoms with E-state index in [0.29, 0.717) is 18.9 Å². The highest BCUT2D eigenvalue weighted by atomic mass is 16.6. The quantitative estimate of drug-likeness (QED) is 0.868. The van der Waals surface area contributed by atoms with Crippen LogP contribution in [0.4, 0.5) is 15.4 Å². The van der Waals surface area contributed by atoms with Gasteiger partial charge in [0.2, 0.25) is 0 Å². The number of aromatic nitrogens is 2. The lowest BCUT2D eigenvalue weighted by molar-refractivity contribution is 0.00907. The van der Waals surface area contributed by atoms with Crippen molar-refractivity contribution in [2.75, 3.05) is 5.32 Å². The normalized spacial score (nSPS) is 16.3. The molecule has 28 heavy (non-hydrogen) atoms. The smallest absolute Gasteiger partial charge is 0.413 e. The molecule has 1 aromatic carbocycles. The van der Waals surface area contributed by atoms with Gasteiger partial charge in [-0.1, -0.05) is 30.3 Å². The van der Waals surface area contributed by atoms with Gasteiger partial charge in [0, 0.05) is 6.07 Å². The Morgan fingerprint density at radius 2 is 1.96 bits per heavy atom. The zero-order valence-electron chi connectivity index (χ0n) is 16.6. The van der Waals surface area contributed by atoms with Crippen molar-refractivity contribution < 1.29 is 19.1 Å². The number of nitrogens with one attached hydrogen (secondary N) is 1. The second-order valence-electron chi connectivity index (χ2n) is 7.85. The van der Waals surface area contributed by atoms with Gasteiger partial charge in [0.1, 0.15) is 12.2 Å². The number of nitrogens with zero attached hydrogens (tertiary/aromatic N) is 3. The molecule has 1 N–H and O–H groups in total. The number of amides is 2. The molecule has 1 aliphatic rings. The van der Waals surface area contributed by atoms with Crippen molar-refractivity contribution in [2.24, 2.45) is 0 Å². The maximum atomic E-state index is 12.4. The second kappa shape index (κ2) is 7.92. The monoisotopic (exact) mass is 386 g/mol. The lowest BCUT2D eigenvalue weighted by atomic mass is 10.2. The maximum Gasteiger partial charge on any atom is 0.413 e. The molecular formula is C20H26N4O4. The summed E-state index contributed by atoms with van der Waals surface area (Å²) in [5.74, 6) is 0.395. The van der Waals surface area contributed by atoms with Crippen molar-refractivity contribution in [1.29, 1.82) is 0 Å². The molecule has 0 aliphatic carbocycles. The Balaban J connectivity index is 1.59. The van der Waals surface area contributed by atoms with Crippen LogP contribution in [0.3, 0.4) is 0 Å². The number of rotatable bonds is 3. The Morgan fingerprint density at radius 3 is 2.64 bits per heavy atom. The second-order valence-corrected chi connectivity index (χ2v) is 7.85. The van der Waals surface area contributed by atoms with E-state index in [1.54, 1.807) is 15.6 Å². The minimum atomic E-state index is -0.573. The summed E-state index contributed by atoms with van der Waals surface area (Å²) in [6.07, 6.45) is -0.930. The Kier molecular flexibility index (Phi) is 5.58. The van der Waals surface area contributed by atoms with Crippen LogP contribution in [-0.2, 0) is 29.2 Å². The van der Waals surface area contributed by atoms with Crippen LogP contribution in [0.1, 0.15) is 39.0 Å². The molecule has 2 aromatic rings. The molecule has 0 spiro atoms. The highest BCUT2D eigenvalue weighted by molar-refractivity contribution is 5.83. The summed E-state index contributed by atoms with van der Waals surface area (Å²) in [5, 5.41) is 7.03. The fourth-order valence-electron chi connectivity index (χ4n) is 2.91. The van der Waals surface area contributed by atoms with Crippen LogP contribution in [-0.4, -0.2) is 38.5 Å². The van der Waals surface area contributed by atoms with E-state index in [1.165, 1.54) is 0 Å². The lowest BCUT2D eigenvalue weighted by Crippen LogP contribution is -2.46. The predicted octanol–water partition coefficient (Wildman–Crippen LogP) is 3.77. The zero-order valence-corrected chi connectivity index (χ0v) is 16.6. The number of fused-ring (bicyclic) bond motifs is 1. The van der Waals surface area contributed by atoms with Crippen molar-refractivity contribution in [1.82, 2.24) is 14.7 Å². The van der Waals surface area contributed by atoms with Crippen molar-refractivity contribution in [3.05, 3.63) is 47.7 Å². The van der Waals surface area contributed by atoms with Gasteiger partial charge >= 0.3 is 12.2 Å². The van der Waals surface area contributed by atoms with E-state index in [1.807, 2.05) is 58.0 Å². The van der Waals surface area contributed by atoms with E-state index in [4.69, 9.17) is 9.47 Å². The van der Waals surface area contributed by atoms with Crippen LogP contribution >= 0.6 is 0 Å². The summed E-state index contributed by atoms with van der Waals surface area (Å²) in [7, 11) is 0. The van der Waals surface area contributed by atoms with E-state index < -0.39 is 11.7 Å². The number of ether oxygens (including phenoxy) is 2. The van der Waals surface area contributed by atoms with Crippen LogP contribution in [0.5, 0.6) is 0 Å². The first-order valence-electron chi connectivity index (χ1n) is 9.25. The molecule has 1 unspecified atom stereocenters. The molecule has 0 saturated heterocycles. The average Bonchev–Trinajstić information content (AvgIpc) is 2.99. The molecule has 150 valence electrons. The lowest BCUT2D eigenvalue weighted by Gasteiger charge is -2.35. The fourth-order valence-corrected chi connectivity index (χ4v) is 2.91. The van der Waals surface area contributed by atoms with E-state index in [2.05, 4.69) is 10.4 Å². The summed E-state index contributed by atoms with van der Waals surface area (Å²) in [4.78, 5) is 26.1. The SMILES string of the molecule is CC1Cn2nc(NC(=O)OCc3ccccc3)cc2CN1C(=O)OC(C)(C)C. The summed E-state index contributed by atoms with van der Waals surface area (Å²) in [6, 6.07) is 11.1. The molecule has 0 bridgehead atoms. The van der Waals surface area contributed by atoms with Crippen LogP contribution in [0.15, 0.2) is 36.4 Å². The third-order valence-corrected chi connectivity index (χ3v) is 4.24. The number of hydrogen-bond donors (Lipinski definition) is 1. The summed E-state index contributed by atoms with van der Waals surface area (Å²) in [5.41, 5.74) is 1.18. The van der Waals surface area contributed by atoms with Crippen LogP contribution in [0.2, 0.25) is 0 Å². The molecule has 2 heterocycles. The first-order chi connectivity index (χ1) is 13.2. The highest BCUT2D eigenvalue weighted by Gasteiger charge is 2.31. The molecule has 0 fully saturated rings. The largest absolute Gasteiger partial charge is 0.444 e. The summed E-state index contributed by atoms with van der Waals surface area (Å²) >= 11 is 0. The Bertz CT molecular complexity index is 842. The molecule has 3 rings (SSSR count). The predicted molar refractivity (Wildman–Crippen MR) is 104 cm³/mol. The van der Waals surface area contributed by atoms with Gasteiger partial charge in [-0.3, -0.25) is 14.9 Å². The first-order valence-corrected chi connectivity index (χ1v) is 9.25. The molecule has 2 amide bonds. The standard InChI is InChI=1S/C20H26N4O4/c1-14-11-24-16(12-23(14)19(26)28-20(2,3)4)10-17(22-24)21-18(25)27-13-15-8-6-5-7-9-15/h5-10,14H,11-13H2,1-4H3,(H,21,22,25). The van der Waals surface area contributed by atoms with Gasteiger partial charge in [0.25, 0.3) is 0 Å². The third kappa shape index (κ3) is 5.03. The molecule has 0 saturated carbocycles. The number of hydrogen-bond acceptors (Lipinski definition) is 5. The van der Waals surface area contributed by atoms with Gasteiger partial charge in [-0.25, -0.2) is 9.59 Å². The van der Waals surface area contributed by atoms with E-state index in [9.17, 15) is 9.59 Å². The third-order valence-electron chi connectivity index (χ3n) is 4.24. The van der Waals surface area contributed by atoms with Gasteiger partial charge in [0.05, 0.1) is 24.8 Å². The highest BCUT2D eigenvalue weighted by Crippen LogP contribution is 2.22. The molecule has 8 nitrogen and oxygen atoms in total. The van der Waals surface area contributed by atoms with Crippen molar-refractivity contribution in [3.63, 3.8) is 0 Å². The zero-order chi connectivity index (χ0) is 20.3. The molecule has 1 atom stereocenters. The first kappa shape index (κ1) is 19.7. The van der Waals surface area contributed by atoms with E-state index in [0.717, 1.165) is 11.3 Å². The Hall–Kier alpha value is -3.03. The fraction of sp³-hybridized carbons (Fsp3) is 0.450. The Morgan fingerprint density at radius 1 is 1.25 bits per heavy atom. The van der Waals surface area contributed by atoms with Crippen LogP contribution in [0, 0.1) is 0 Å². The maximum absolute atomic E-state index is 12.4. The van der Waals surface area contributed by atoms with Gasteiger partial charge < -0.3 is 9.47 Å². The average molecular weight is 386 g/mol. The van der Waals surface area contributed by atoms with Gasteiger partial charge in [0.15, 0.2) is 5.82 Å². The number of anilines is 1. The molecule has 1 aromatic heterocycles. The minimum absolute atomic E-state index is 0.0693. The number of carbonyl (C=O) groups is 2. The van der Waals surface area contributed by atoms with Crippen LogP contribution in [0.25, 0.3) is 0 Å². The van der Waals surface area contributed by atoms with Crippen molar-refractivity contribution >= 4 is 18.0 Å². The molecule has 0 radical (unpaired) electrons. The van der Waals surface area contributed by atoms with Crippen molar-refractivity contribution in [2.45, 2.75) is 59.0 Å². The molecule has 1 aliphatic heterocycles. The van der Waals surface area contributed by atoms with Crippen molar-refractivity contribution in [3.8, 4) is 0 Å². The number of benzene rings is 1. The molecular weight excluding hydrogens is 360 g/mol. The van der Waals surface area contributed by atoms with Crippen LogP contribution < -0.4 is 5.32 Å². The van der Waals surface area contributed by atoms with Gasteiger partial charge in [-0.15, -0.1) is 0 Å². The van der Waals surface area contributed by atoms with E-state index in [-0.39, 0.29) is 18.7 Å². The number of carbonyl (C=O) groups excluding carboxylic acids is 2. The van der Waals surface area contributed by atoms with E-state index >= 15 is 0 Å². The Labute approximate surface area is 164 Å².